The number of hydrogen-bond acceptors (Lipinski definition) is 4. The largest absolute Gasteiger partial charge is 0.379 e. The van der Waals surface area contributed by atoms with Gasteiger partial charge in [0.15, 0.2) is 5.96 Å². The van der Waals surface area contributed by atoms with Crippen molar-refractivity contribution in [2.75, 3.05) is 46.4 Å². The predicted octanol–water partition coefficient (Wildman–Crippen LogP) is 2.33. The van der Waals surface area contributed by atoms with Gasteiger partial charge in [-0.1, -0.05) is 0 Å². The number of aliphatic imine (C=N–C) groups is 1. The SMILES string of the molecule is CN=C(NCCc1ccc(Br)s1)NCC(C)(C)N1CCOCC1. The molecule has 0 unspecified atom stereocenters. The van der Waals surface area contributed by atoms with Gasteiger partial charge in [-0.15, -0.1) is 11.3 Å². The lowest BCUT2D eigenvalue weighted by Crippen LogP contribution is -2.56. The van der Waals surface area contributed by atoms with Gasteiger partial charge in [-0.2, -0.15) is 0 Å². The van der Waals surface area contributed by atoms with Crippen LogP contribution in [-0.2, 0) is 11.2 Å². The van der Waals surface area contributed by atoms with Crippen molar-refractivity contribution >= 4 is 33.2 Å². The molecule has 0 saturated carbocycles. The van der Waals surface area contributed by atoms with Crippen molar-refractivity contribution < 1.29 is 4.74 Å². The van der Waals surface area contributed by atoms with Gasteiger partial charge in [0.2, 0.25) is 0 Å². The Morgan fingerprint density at radius 3 is 2.70 bits per heavy atom. The predicted molar refractivity (Wildman–Crippen MR) is 102 cm³/mol. The van der Waals surface area contributed by atoms with Crippen molar-refractivity contribution in [2.24, 2.45) is 4.99 Å². The smallest absolute Gasteiger partial charge is 0.191 e. The van der Waals surface area contributed by atoms with Crippen LogP contribution in [0, 0.1) is 0 Å². The van der Waals surface area contributed by atoms with Crippen LogP contribution in [0.5, 0.6) is 0 Å². The Morgan fingerprint density at radius 2 is 2.09 bits per heavy atom. The van der Waals surface area contributed by atoms with Crippen LogP contribution in [-0.4, -0.2) is 62.8 Å². The normalized spacial score (nSPS) is 17.3. The summed E-state index contributed by atoms with van der Waals surface area (Å²) >= 11 is 5.28. The third-order valence-electron chi connectivity index (χ3n) is 4.07. The summed E-state index contributed by atoms with van der Waals surface area (Å²) in [4.78, 5) is 8.16. The molecule has 1 fully saturated rings. The Hall–Kier alpha value is -0.630. The number of guanidine groups is 1. The Labute approximate surface area is 151 Å². The topological polar surface area (TPSA) is 48.9 Å². The van der Waals surface area contributed by atoms with E-state index in [-0.39, 0.29) is 5.54 Å². The number of nitrogens with one attached hydrogen (secondary N) is 2. The van der Waals surface area contributed by atoms with Crippen molar-refractivity contribution in [1.82, 2.24) is 15.5 Å². The van der Waals surface area contributed by atoms with Gasteiger partial charge in [-0.05, 0) is 48.3 Å². The van der Waals surface area contributed by atoms with Crippen LogP contribution < -0.4 is 10.6 Å². The average molecular weight is 403 g/mol. The summed E-state index contributed by atoms with van der Waals surface area (Å²) < 4.78 is 6.62. The number of halogens is 1. The molecule has 1 aliphatic heterocycles. The zero-order valence-electron chi connectivity index (χ0n) is 14.2. The summed E-state index contributed by atoms with van der Waals surface area (Å²) in [5, 5.41) is 6.84. The molecule has 7 heteroatoms. The van der Waals surface area contributed by atoms with E-state index in [1.165, 1.54) is 8.66 Å². The number of ether oxygens (including phenoxy) is 1. The van der Waals surface area contributed by atoms with Gasteiger partial charge in [0, 0.05) is 43.6 Å². The molecule has 0 amide bonds. The second kappa shape index (κ2) is 9.01. The van der Waals surface area contributed by atoms with Crippen molar-refractivity contribution in [3.63, 3.8) is 0 Å². The van der Waals surface area contributed by atoms with Gasteiger partial charge in [0.05, 0.1) is 17.0 Å². The monoisotopic (exact) mass is 402 g/mol. The average Bonchev–Trinajstić information content (AvgIpc) is 2.97. The first-order valence-electron chi connectivity index (χ1n) is 8.03. The van der Waals surface area contributed by atoms with E-state index < -0.39 is 0 Å². The highest BCUT2D eigenvalue weighted by molar-refractivity contribution is 9.11. The van der Waals surface area contributed by atoms with Crippen molar-refractivity contribution in [1.29, 1.82) is 0 Å². The quantitative estimate of drug-likeness (QED) is 0.566. The Balaban J connectivity index is 1.73. The van der Waals surface area contributed by atoms with E-state index in [2.05, 4.69) is 62.4 Å². The number of rotatable bonds is 6. The first kappa shape index (κ1) is 18.7. The number of morpholine rings is 1. The van der Waals surface area contributed by atoms with E-state index in [1.807, 2.05) is 7.05 Å². The maximum absolute atomic E-state index is 5.44. The molecule has 1 aliphatic rings. The highest BCUT2D eigenvalue weighted by Crippen LogP contribution is 2.22. The lowest BCUT2D eigenvalue weighted by atomic mass is 10.0. The molecular weight excluding hydrogens is 376 g/mol. The molecule has 130 valence electrons. The van der Waals surface area contributed by atoms with Gasteiger partial charge in [0.25, 0.3) is 0 Å². The molecule has 1 saturated heterocycles. The molecule has 1 aromatic heterocycles. The minimum Gasteiger partial charge on any atom is -0.379 e. The molecule has 0 aromatic carbocycles. The molecule has 0 atom stereocenters. The second-order valence-electron chi connectivity index (χ2n) is 6.22. The maximum atomic E-state index is 5.44. The Morgan fingerprint density at radius 1 is 1.35 bits per heavy atom. The van der Waals surface area contributed by atoms with Crippen LogP contribution in [0.4, 0.5) is 0 Å². The molecule has 0 aliphatic carbocycles. The first-order chi connectivity index (χ1) is 11.0. The summed E-state index contributed by atoms with van der Waals surface area (Å²) in [5.41, 5.74) is 0.0833. The fourth-order valence-corrected chi connectivity index (χ4v) is 4.07. The zero-order chi connectivity index (χ0) is 16.7. The molecule has 0 radical (unpaired) electrons. The summed E-state index contributed by atoms with van der Waals surface area (Å²) in [5.74, 6) is 0.863. The van der Waals surface area contributed by atoms with Crippen molar-refractivity contribution in [2.45, 2.75) is 25.8 Å². The van der Waals surface area contributed by atoms with Crippen LogP contribution >= 0.6 is 27.3 Å². The van der Waals surface area contributed by atoms with Crippen LogP contribution in [0.1, 0.15) is 18.7 Å². The van der Waals surface area contributed by atoms with E-state index in [9.17, 15) is 0 Å². The van der Waals surface area contributed by atoms with E-state index in [0.717, 1.165) is 51.8 Å². The van der Waals surface area contributed by atoms with Crippen molar-refractivity contribution in [3.8, 4) is 0 Å². The molecule has 1 aromatic rings. The molecule has 0 spiro atoms. The molecule has 2 heterocycles. The molecule has 5 nitrogen and oxygen atoms in total. The van der Waals surface area contributed by atoms with Gasteiger partial charge < -0.3 is 15.4 Å². The summed E-state index contributed by atoms with van der Waals surface area (Å²) in [6, 6.07) is 4.26. The fourth-order valence-electron chi connectivity index (χ4n) is 2.59. The van der Waals surface area contributed by atoms with Crippen LogP contribution in [0.3, 0.4) is 0 Å². The summed E-state index contributed by atoms with van der Waals surface area (Å²) in [6.07, 6.45) is 1.00. The Bertz CT molecular complexity index is 512. The van der Waals surface area contributed by atoms with E-state index in [0.29, 0.717) is 0 Å². The van der Waals surface area contributed by atoms with Gasteiger partial charge >= 0.3 is 0 Å². The summed E-state index contributed by atoms with van der Waals surface area (Å²) in [7, 11) is 1.82. The minimum atomic E-state index is 0.0833. The maximum Gasteiger partial charge on any atom is 0.191 e. The third kappa shape index (κ3) is 6.06. The second-order valence-corrected chi connectivity index (χ2v) is 8.77. The minimum absolute atomic E-state index is 0.0833. The van der Waals surface area contributed by atoms with Crippen LogP contribution in [0.25, 0.3) is 0 Å². The molecule has 2 N–H and O–H groups in total. The number of nitrogens with zero attached hydrogens (tertiary/aromatic N) is 2. The lowest BCUT2D eigenvalue weighted by Gasteiger charge is -2.41. The number of hydrogen-bond donors (Lipinski definition) is 2. The summed E-state index contributed by atoms with van der Waals surface area (Å²) in [6.45, 7) is 9.91. The van der Waals surface area contributed by atoms with E-state index in [4.69, 9.17) is 4.74 Å². The highest BCUT2D eigenvalue weighted by Gasteiger charge is 2.28. The first-order valence-corrected chi connectivity index (χ1v) is 9.64. The molecular formula is C16H27BrN4OS. The van der Waals surface area contributed by atoms with Crippen LogP contribution in [0.2, 0.25) is 0 Å². The van der Waals surface area contributed by atoms with Gasteiger partial charge in [0.1, 0.15) is 0 Å². The lowest BCUT2D eigenvalue weighted by molar-refractivity contribution is -0.00833. The molecule has 23 heavy (non-hydrogen) atoms. The van der Waals surface area contributed by atoms with E-state index >= 15 is 0 Å². The van der Waals surface area contributed by atoms with E-state index in [1.54, 1.807) is 11.3 Å². The third-order valence-corrected chi connectivity index (χ3v) is 5.76. The Kier molecular flexibility index (Phi) is 7.33. The highest BCUT2D eigenvalue weighted by atomic mass is 79.9. The fraction of sp³-hybridized carbons (Fsp3) is 0.688. The van der Waals surface area contributed by atoms with Crippen LogP contribution in [0.15, 0.2) is 20.9 Å². The van der Waals surface area contributed by atoms with Gasteiger partial charge in [-0.3, -0.25) is 9.89 Å². The standard InChI is InChI=1S/C16H27BrN4OS/c1-16(2,21-8-10-22-11-9-21)12-20-15(18-3)19-7-6-13-4-5-14(17)23-13/h4-5H,6-12H2,1-3H3,(H2,18,19,20). The van der Waals surface area contributed by atoms with Crippen molar-refractivity contribution in [3.05, 3.63) is 20.8 Å². The zero-order valence-corrected chi connectivity index (χ0v) is 16.6. The number of thiophene rings is 1. The van der Waals surface area contributed by atoms with Gasteiger partial charge in [-0.25, -0.2) is 0 Å². The molecule has 0 bridgehead atoms. The molecule has 2 rings (SSSR count).